The number of alkyl halides is 1. The van der Waals surface area contributed by atoms with Gasteiger partial charge in [-0.1, -0.05) is 20.0 Å². The van der Waals surface area contributed by atoms with Gasteiger partial charge in [0.05, 0.1) is 8.07 Å². The van der Waals surface area contributed by atoms with Crippen molar-refractivity contribution in [2.75, 3.05) is 0 Å². The first-order valence-corrected chi connectivity index (χ1v) is 6.37. The van der Waals surface area contributed by atoms with Crippen LogP contribution in [0.4, 0.5) is 0 Å². The summed E-state index contributed by atoms with van der Waals surface area (Å²) in [6.45, 7) is 10.2. The molecule has 1 unspecified atom stereocenters. The van der Waals surface area contributed by atoms with Crippen LogP contribution in [0.1, 0.15) is 6.92 Å². The Morgan fingerprint density at radius 1 is 1.62 bits per heavy atom. The van der Waals surface area contributed by atoms with Crippen molar-refractivity contribution in [3.05, 3.63) is 12.3 Å². The van der Waals surface area contributed by atoms with E-state index in [1.165, 1.54) is 0 Å². The second kappa shape index (κ2) is 2.69. The van der Waals surface area contributed by atoms with Crippen LogP contribution < -0.4 is 0 Å². The largest absolute Gasteiger partial charge is 0.126 e. The summed E-state index contributed by atoms with van der Waals surface area (Å²) < 4.78 is 0. The highest BCUT2D eigenvalue weighted by atomic mass is 35.5. The molecule has 0 rings (SSSR count). The van der Waals surface area contributed by atoms with Gasteiger partial charge in [0.15, 0.2) is 0 Å². The monoisotopic (exact) mass is 148 g/mol. The normalized spacial score (nSPS) is 15.5. The summed E-state index contributed by atoms with van der Waals surface area (Å²) in [4.78, 5) is 0. The maximum absolute atomic E-state index is 5.86. The molecule has 0 heterocycles. The number of hydrogen-bond donors (Lipinski definition) is 0. The van der Waals surface area contributed by atoms with E-state index in [-0.39, 0.29) is 0 Å². The second-order valence-corrected chi connectivity index (χ2v) is 8.58. The van der Waals surface area contributed by atoms with E-state index in [0.717, 1.165) is 0 Å². The summed E-state index contributed by atoms with van der Waals surface area (Å²) >= 11 is 5.86. The van der Waals surface area contributed by atoms with Crippen molar-refractivity contribution in [1.82, 2.24) is 0 Å². The van der Waals surface area contributed by atoms with Crippen molar-refractivity contribution in [3.63, 3.8) is 0 Å². The lowest BCUT2D eigenvalue weighted by molar-refractivity contribution is 1.29. The molecule has 0 spiro atoms. The van der Waals surface area contributed by atoms with E-state index in [1.807, 2.05) is 12.6 Å². The Morgan fingerprint density at radius 3 is 2.00 bits per heavy atom. The highest BCUT2D eigenvalue weighted by molar-refractivity contribution is 6.88. The third kappa shape index (κ3) is 2.01. The minimum atomic E-state index is -1.23. The van der Waals surface area contributed by atoms with Gasteiger partial charge in [-0.2, -0.15) is 0 Å². The molecule has 1 atom stereocenters. The Hall–Kier alpha value is 0.247. The van der Waals surface area contributed by atoms with Gasteiger partial charge in [-0.3, -0.25) is 0 Å². The quantitative estimate of drug-likeness (QED) is 0.417. The van der Waals surface area contributed by atoms with Crippen molar-refractivity contribution >= 4 is 19.7 Å². The van der Waals surface area contributed by atoms with Gasteiger partial charge in [0.25, 0.3) is 0 Å². The predicted molar refractivity (Wildman–Crippen MR) is 43.0 cm³/mol. The number of rotatable bonds is 2. The first-order valence-electron chi connectivity index (χ1n) is 2.78. The van der Waals surface area contributed by atoms with Crippen LogP contribution in [0.5, 0.6) is 0 Å². The molecular formula is C6H13ClSi. The summed E-state index contributed by atoms with van der Waals surface area (Å²) in [5.74, 6) is 0. The molecular weight excluding hydrogens is 136 g/mol. The van der Waals surface area contributed by atoms with E-state index in [1.54, 1.807) is 0 Å². The van der Waals surface area contributed by atoms with Crippen LogP contribution in [0.3, 0.4) is 0 Å². The molecule has 0 bridgehead atoms. The fourth-order valence-electron chi connectivity index (χ4n) is 0.162. The smallest absolute Gasteiger partial charge is 0.0900 e. The molecule has 0 fully saturated rings. The van der Waals surface area contributed by atoms with Gasteiger partial charge in [0, 0.05) is 5.00 Å². The van der Waals surface area contributed by atoms with Crippen LogP contribution in [0.2, 0.25) is 13.1 Å². The molecule has 0 radical (unpaired) electrons. The van der Waals surface area contributed by atoms with Crippen molar-refractivity contribution < 1.29 is 0 Å². The summed E-state index contributed by atoms with van der Waals surface area (Å²) in [6.07, 6.45) is 0. The summed E-state index contributed by atoms with van der Waals surface area (Å²) in [6, 6.07) is 0. The maximum atomic E-state index is 5.86. The molecule has 0 N–H and O–H groups in total. The van der Waals surface area contributed by atoms with Gasteiger partial charge in [0.1, 0.15) is 0 Å². The van der Waals surface area contributed by atoms with Crippen LogP contribution in [-0.4, -0.2) is 13.1 Å². The van der Waals surface area contributed by atoms with Crippen molar-refractivity contribution in [2.24, 2.45) is 0 Å². The Kier molecular flexibility index (Phi) is 2.78. The van der Waals surface area contributed by atoms with Crippen LogP contribution in [0.15, 0.2) is 12.3 Å². The summed E-state index contributed by atoms with van der Waals surface area (Å²) in [5, 5.41) is 0.306. The van der Waals surface area contributed by atoms with Crippen LogP contribution >= 0.6 is 11.6 Å². The van der Waals surface area contributed by atoms with Gasteiger partial charge in [-0.25, -0.2) is 0 Å². The average molecular weight is 149 g/mol. The first-order chi connectivity index (χ1) is 3.50. The maximum Gasteiger partial charge on any atom is 0.0900 e. The lowest BCUT2D eigenvalue weighted by atomic mass is 11.0. The van der Waals surface area contributed by atoms with E-state index in [9.17, 15) is 0 Å². The number of hydrogen-bond acceptors (Lipinski definition) is 0. The van der Waals surface area contributed by atoms with E-state index < -0.39 is 8.07 Å². The molecule has 0 saturated carbocycles. The minimum absolute atomic E-state index is 0.306. The predicted octanol–water partition coefficient (Wildman–Crippen LogP) is 2.59. The Bertz CT molecular complexity index is 86.5. The molecule has 0 nitrogen and oxygen atoms in total. The molecule has 48 valence electrons. The fourth-order valence-corrected chi connectivity index (χ4v) is 0.754. The van der Waals surface area contributed by atoms with E-state index in [4.69, 9.17) is 11.6 Å². The fraction of sp³-hybridized carbons (Fsp3) is 0.667. The Balaban J connectivity index is 3.90. The molecule has 0 aliphatic rings. The number of halogens is 1. The van der Waals surface area contributed by atoms with Crippen LogP contribution in [0.25, 0.3) is 0 Å². The van der Waals surface area contributed by atoms with Gasteiger partial charge in [0.2, 0.25) is 0 Å². The summed E-state index contributed by atoms with van der Waals surface area (Å²) in [7, 11) is -1.23. The van der Waals surface area contributed by atoms with E-state index in [2.05, 4.69) is 19.7 Å². The molecule has 0 amide bonds. The Labute approximate surface area is 57.6 Å². The van der Waals surface area contributed by atoms with Gasteiger partial charge < -0.3 is 0 Å². The minimum Gasteiger partial charge on any atom is -0.126 e. The van der Waals surface area contributed by atoms with Crippen LogP contribution in [-0.2, 0) is 0 Å². The van der Waals surface area contributed by atoms with Crippen molar-refractivity contribution in [1.29, 1.82) is 0 Å². The third-order valence-corrected chi connectivity index (χ3v) is 6.34. The molecule has 0 aromatic rings. The molecule has 0 aromatic carbocycles. The van der Waals surface area contributed by atoms with E-state index in [0.29, 0.717) is 5.00 Å². The zero-order valence-electron chi connectivity index (χ0n) is 5.74. The van der Waals surface area contributed by atoms with E-state index >= 15 is 0 Å². The molecule has 8 heavy (non-hydrogen) atoms. The SMILES string of the molecule is C=C[Si](C)(C)C(C)Cl. The second-order valence-electron chi connectivity index (χ2n) is 2.64. The summed E-state index contributed by atoms with van der Waals surface area (Å²) in [5.41, 5.74) is 2.02. The average Bonchev–Trinajstić information content (AvgIpc) is 1.67. The highest BCUT2D eigenvalue weighted by Gasteiger charge is 2.21. The van der Waals surface area contributed by atoms with Crippen molar-refractivity contribution in [3.8, 4) is 0 Å². The molecule has 0 aromatic heterocycles. The molecule has 0 aliphatic heterocycles. The molecule has 2 heteroatoms. The van der Waals surface area contributed by atoms with Crippen molar-refractivity contribution in [2.45, 2.75) is 25.0 Å². The lowest BCUT2D eigenvalue weighted by Crippen LogP contribution is -2.33. The van der Waals surface area contributed by atoms with Gasteiger partial charge in [-0.05, 0) is 0 Å². The molecule has 0 saturated heterocycles. The third-order valence-electron chi connectivity index (χ3n) is 1.55. The highest BCUT2D eigenvalue weighted by Crippen LogP contribution is 2.13. The topological polar surface area (TPSA) is 0 Å². The zero-order chi connectivity index (χ0) is 6.78. The lowest BCUT2D eigenvalue weighted by Gasteiger charge is -2.19. The van der Waals surface area contributed by atoms with Gasteiger partial charge >= 0.3 is 0 Å². The first kappa shape index (κ1) is 8.25. The standard InChI is InChI=1S/C6H13ClSi/c1-5-8(3,4)6(2)7/h5-6H,1H2,2-4H3. The molecule has 0 aliphatic carbocycles. The zero-order valence-corrected chi connectivity index (χ0v) is 7.50. The van der Waals surface area contributed by atoms with Gasteiger partial charge in [-0.15, -0.1) is 23.9 Å². The van der Waals surface area contributed by atoms with Crippen LogP contribution in [0, 0.1) is 0 Å². The Morgan fingerprint density at radius 2 is 2.00 bits per heavy atom.